The minimum atomic E-state index is -0.359. The van der Waals surface area contributed by atoms with E-state index in [-0.39, 0.29) is 17.5 Å². The van der Waals surface area contributed by atoms with Gasteiger partial charge < -0.3 is 14.9 Å². The fourth-order valence-corrected chi connectivity index (χ4v) is 2.62. The lowest BCUT2D eigenvalue weighted by Crippen LogP contribution is -2.49. The Morgan fingerprint density at radius 2 is 1.91 bits per heavy atom. The van der Waals surface area contributed by atoms with Gasteiger partial charge in [0.1, 0.15) is 17.4 Å². The minimum Gasteiger partial charge on any atom is -0.508 e. The van der Waals surface area contributed by atoms with Gasteiger partial charge in [0.15, 0.2) is 0 Å². The van der Waals surface area contributed by atoms with Crippen LogP contribution in [0.1, 0.15) is 15.9 Å². The van der Waals surface area contributed by atoms with Crippen LogP contribution >= 0.6 is 0 Å². The molecule has 1 fully saturated rings. The number of nitrogens with zero attached hydrogens (tertiary/aromatic N) is 3. The van der Waals surface area contributed by atoms with Gasteiger partial charge in [-0.3, -0.25) is 4.79 Å². The van der Waals surface area contributed by atoms with E-state index >= 15 is 0 Å². The smallest absolute Gasteiger partial charge is 0.254 e. The zero-order valence-corrected chi connectivity index (χ0v) is 12.9. The molecule has 1 N–H and O–H groups in total. The Kier molecular flexibility index (Phi) is 4.14. The number of amides is 1. The van der Waals surface area contributed by atoms with Crippen LogP contribution in [0.3, 0.4) is 0 Å². The third kappa shape index (κ3) is 3.26. The monoisotopic (exact) mass is 315 g/mol. The molecule has 6 heteroatoms. The maximum absolute atomic E-state index is 12.9. The first-order valence-corrected chi connectivity index (χ1v) is 7.50. The van der Waals surface area contributed by atoms with E-state index in [1.54, 1.807) is 30.0 Å². The van der Waals surface area contributed by atoms with Crippen LogP contribution < -0.4 is 4.90 Å². The van der Waals surface area contributed by atoms with E-state index < -0.39 is 0 Å². The van der Waals surface area contributed by atoms with Crippen LogP contribution in [-0.4, -0.2) is 47.1 Å². The highest BCUT2D eigenvalue weighted by Gasteiger charge is 2.23. The van der Waals surface area contributed by atoms with Crippen molar-refractivity contribution in [1.29, 1.82) is 0 Å². The van der Waals surface area contributed by atoms with Gasteiger partial charge in [0.05, 0.1) is 6.20 Å². The summed E-state index contributed by atoms with van der Waals surface area (Å²) in [6.07, 6.45) is 1.20. The summed E-state index contributed by atoms with van der Waals surface area (Å²) in [4.78, 5) is 20.3. The number of carbonyl (C=O) groups excluding carboxylic acids is 1. The lowest BCUT2D eigenvalue weighted by molar-refractivity contribution is 0.0746. The van der Waals surface area contributed by atoms with Crippen LogP contribution in [-0.2, 0) is 0 Å². The molecule has 1 aliphatic rings. The number of hydrogen-bond donors (Lipinski definition) is 1. The van der Waals surface area contributed by atoms with Crippen LogP contribution in [0.25, 0.3) is 0 Å². The summed E-state index contributed by atoms with van der Waals surface area (Å²) in [6.45, 7) is 4.20. The second-order valence-corrected chi connectivity index (χ2v) is 5.62. The van der Waals surface area contributed by atoms with E-state index in [1.165, 1.54) is 18.3 Å². The molecule has 0 aliphatic carbocycles. The molecule has 2 aromatic rings. The van der Waals surface area contributed by atoms with Crippen LogP contribution in [0.5, 0.6) is 5.75 Å². The average Bonchev–Trinajstić information content (AvgIpc) is 2.57. The molecule has 2 heterocycles. The van der Waals surface area contributed by atoms with Crippen LogP contribution in [0.4, 0.5) is 10.2 Å². The van der Waals surface area contributed by atoms with Crippen molar-refractivity contribution in [2.24, 2.45) is 0 Å². The normalized spacial score (nSPS) is 14.9. The Labute approximate surface area is 134 Å². The van der Waals surface area contributed by atoms with E-state index in [4.69, 9.17) is 0 Å². The summed E-state index contributed by atoms with van der Waals surface area (Å²) in [5, 5.41) is 9.74. The molecule has 1 aromatic heterocycles. The predicted octanol–water partition coefficient (Wildman–Crippen LogP) is 2.20. The lowest BCUT2D eigenvalue weighted by Gasteiger charge is -2.35. The van der Waals surface area contributed by atoms with Gasteiger partial charge in [-0.05, 0) is 36.8 Å². The molecule has 0 bridgehead atoms. The van der Waals surface area contributed by atoms with Crippen LogP contribution in [0, 0.1) is 12.7 Å². The van der Waals surface area contributed by atoms with Gasteiger partial charge in [-0.15, -0.1) is 0 Å². The first-order valence-electron chi connectivity index (χ1n) is 7.50. The van der Waals surface area contributed by atoms with Gasteiger partial charge >= 0.3 is 0 Å². The number of aryl methyl sites for hydroxylation is 1. The molecule has 1 aromatic carbocycles. The highest BCUT2D eigenvalue weighted by atomic mass is 19.1. The number of rotatable bonds is 2. The molecule has 1 saturated heterocycles. The average molecular weight is 315 g/mol. The molecular weight excluding hydrogens is 297 g/mol. The third-order valence-electron chi connectivity index (χ3n) is 4.06. The van der Waals surface area contributed by atoms with Crippen molar-refractivity contribution in [1.82, 2.24) is 9.88 Å². The molecule has 3 rings (SSSR count). The standard InChI is InChI=1S/C17H18FN3O2/c1-12-2-3-13(10-15(12)22)17(23)21-8-6-20(7-9-21)16-5-4-14(18)11-19-16/h2-5,10-11,22H,6-9H2,1H3. The molecule has 120 valence electrons. The molecule has 1 amide bonds. The second kappa shape index (κ2) is 6.24. The fourth-order valence-electron chi connectivity index (χ4n) is 2.62. The van der Waals surface area contributed by atoms with Crippen LogP contribution in [0.2, 0.25) is 0 Å². The maximum atomic E-state index is 12.9. The number of aromatic hydroxyl groups is 1. The fraction of sp³-hybridized carbons (Fsp3) is 0.294. The first kappa shape index (κ1) is 15.3. The molecule has 0 radical (unpaired) electrons. The Morgan fingerprint density at radius 3 is 2.52 bits per heavy atom. The van der Waals surface area contributed by atoms with Crippen molar-refractivity contribution in [2.45, 2.75) is 6.92 Å². The molecule has 5 nitrogen and oxygen atoms in total. The molecule has 0 unspecified atom stereocenters. The van der Waals surface area contributed by atoms with Crippen molar-refractivity contribution >= 4 is 11.7 Å². The predicted molar refractivity (Wildman–Crippen MR) is 85.2 cm³/mol. The van der Waals surface area contributed by atoms with E-state index in [9.17, 15) is 14.3 Å². The number of phenols is 1. The molecular formula is C17H18FN3O2. The second-order valence-electron chi connectivity index (χ2n) is 5.62. The SMILES string of the molecule is Cc1ccc(C(=O)N2CCN(c3ccc(F)cn3)CC2)cc1O. The Balaban J connectivity index is 1.65. The number of anilines is 1. The number of hydrogen-bond acceptors (Lipinski definition) is 4. The topological polar surface area (TPSA) is 56.7 Å². The molecule has 0 saturated carbocycles. The van der Waals surface area contributed by atoms with Crippen molar-refractivity contribution in [3.05, 3.63) is 53.5 Å². The maximum Gasteiger partial charge on any atom is 0.254 e. The Bertz CT molecular complexity index is 710. The van der Waals surface area contributed by atoms with Crippen molar-refractivity contribution in [3.63, 3.8) is 0 Å². The zero-order valence-electron chi connectivity index (χ0n) is 12.9. The van der Waals surface area contributed by atoms with Gasteiger partial charge in [-0.2, -0.15) is 0 Å². The third-order valence-corrected chi connectivity index (χ3v) is 4.06. The minimum absolute atomic E-state index is 0.0907. The van der Waals surface area contributed by atoms with Gasteiger partial charge in [0, 0.05) is 31.7 Å². The number of halogens is 1. The van der Waals surface area contributed by atoms with Crippen molar-refractivity contribution in [2.75, 3.05) is 31.1 Å². The molecule has 1 aliphatic heterocycles. The van der Waals surface area contributed by atoms with E-state index in [0.29, 0.717) is 37.6 Å². The number of pyridine rings is 1. The Morgan fingerprint density at radius 1 is 1.17 bits per heavy atom. The summed E-state index contributed by atoms with van der Waals surface area (Å²) >= 11 is 0. The summed E-state index contributed by atoms with van der Waals surface area (Å²) in [6, 6.07) is 8.00. The Hall–Kier alpha value is -2.63. The molecule has 0 atom stereocenters. The number of carbonyl (C=O) groups is 1. The number of aromatic nitrogens is 1. The summed E-state index contributed by atoms with van der Waals surface area (Å²) in [7, 11) is 0. The first-order chi connectivity index (χ1) is 11.0. The lowest BCUT2D eigenvalue weighted by atomic mass is 10.1. The van der Waals surface area contributed by atoms with Crippen molar-refractivity contribution in [3.8, 4) is 5.75 Å². The summed E-state index contributed by atoms with van der Waals surface area (Å²) in [5.74, 6) is 0.394. The van der Waals surface area contributed by atoms with E-state index in [2.05, 4.69) is 4.98 Å². The number of piperazine rings is 1. The van der Waals surface area contributed by atoms with Gasteiger partial charge in [0.2, 0.25) is 0 Å². The van der Waals surface area contributed by atoms with Crippen LogP contribution in [0.15, 0.2) is 36.5 Å². The molecule has 23 heavy (non-hydrogen) atoms. The highest BCUT2D eigenvalue weighted by molar-refractivity contribution is 5.94. The van der Waals surface area contributed by atoms with E-state index in [1.807, 2.05) is 4.90 Å². The highest BCUT2D eigenvalue weighted by Crippen LogP contribution is 2.20. The quantitative estimate of drug-likeness (QED) is 0.923. The molecule has 0 spiro atoms. The van der Waals surface area contributed by atoms with Gasteiger partial charge in [-0.1, -0.05) is 6.07 Å². The number of benzene rings is 1. The van der Waals surface area contributed by atoms with Crippen molar-refractivity contribution < 1.29 is 14.3 Å². The zero-order chi connectivity index (χ0) is 16.4. The largest absolute Gasteiger partial charge is 0.508 e. The van der Waals surface area contributed by atoms with E-state index in [0.717, 1.165) is 5.56 Å². The number of phenolic OH excluding ortho intramolecular Hbond substituents is 1. The van der Waals surface area contributed by atoms with Gasteiger partial charge in [0.25, 0.3) is 5.91 Å². The summed E-state index contributed by atoms with van der Waals surface area (Å²) < 4.78 is 12.9. The van der Waals surface area contributed by atoms with Gasteiger partial charge in [-0.25, -0.2) is 9.37 Å². The summed E-state index contributed by atoms with van der Waals surface area (Å²) in [5.41, 5.74) is 1.23.